The van der Waals surface area contributed by atoms with Gasteiger partial charge in [-0.25, -0.2) is 4.98 Å². The van der Waals surface area contributed by atoms with E-state index in [-0.39, 0.29) is 18.1 Å². The van der Waals surface area contributed by atoms with Crippen LogP contribution in [0.25, 0.3) is 0 Å². The molecular weight excluding hydrogens is 296 g/mol. The van der Waals surface area contributed by atoms with Crippen LogP contribution in [-0.2, 0) is 9.53 Å². The van der Waals surface area contributed by atoms with Gasteiger partial charge in [0.15, 0.2) is 0 Å². The highest BCUT2D eigenvalue weighted by Crippen LogP contribution is 2.23. The van der Waals surface area contributed by atoms with E-state index >= 15 is 0 Å². The third-order valence-corrected chi connectivity index (χ3v) is 4.51. The molecule has 7 nitrogen and oxygen atoms in total. The van der Waals surface area contributed by atoms with Crippen molar-refractivity contribution < 1.29 is 14.3 Å². The molecule has 3 rings (SSSR count). The van der Waals surface area contributed by atoms with Crippen LogP contribution in [0, 0.1) is 0 Å². The van der Waals surface area contributed by atoms with Crippen molar-refractivity contribution in [1.82, 2.24) is 9.88 Å². The number of carbonyl (C=O) groups excluding carboxylic acids is 1. The van der Waals surface area contributed by atoms with Crippen molar-refractivity contribution in [3.05, 3.63) is 18.3 Å². The highest BCUT2D eigenvalue weighted by Gasteiger charge is 2.34. The van der Waals surface area contributed by atoms with Crippen molar-refractivity contribution in [3.63, 3.8) is 0 Å². The number of methoxy groups -OCH3 is 1. The molecular formula is C16H24N4O3. The zero-order valence-corrected chi connectivity index (χ0v) is 13.5. The van der Waals surface area contributed by atoms with Crippen LogP contribution in [0.15, 0.2) is 18.3 Å². The molecule has 2 fully saturated rings. The van der Waals surface area contributed by atoms with E-state index in [1.165, 1.54) is 0 Å². The molecule has 0 saturated carbocycles. The summed E-state index contributed by atoms with van der Waals surface area (Å²) in [6.07, 6.45) is 3.11. The molecule has 1 aromatic heterocycles. The number of ether oxygens (including phenoxy) is 2. The van der Waals surface area contributed by atoms with Crippen LogP contribution in [0.4, 0.5) is 5.82 Å². The Morgan fingerprint density at radius 3 is 2.83 bits per heavy atom. The Labute approximate surface area is 136 Å². The Morgan fingerprint density at radius 1 is 1.39 bits per heavy atom. The number of hydrogen-bond acceptors (Lipinski definition) is 6. The molecule has 2 N–H and O–H groups in total. The van der Waals surface area contributed by atoms with Gasteiger partial charge in [-0.3, -0.25) is 4.79 Å². The molecule has 1 amide bonds. The molecule has 7 heteroatoms. The fourth-order valence-corrected chi connectivity index (χ4v) is 3.12. The monoisotopic (exact) mass is 320 g/mol. The first-order valence-corrected chi connectivity index (χ1v) is 8.10. The van der Waals surface area contributed by atoms with Crippen molar-refractivity contribution in [1.29, 1.82) is 0 Å². The maximum Gasteiger partial charge on any atom is 0.251 e. The van der Waals surface area contributed by atoms with Gasteiger partial charge >= 0.3 is 0 Å². The van der Waals surface area contributed by atoms with Crippen molar-refractivity contribution in [2.45, 2.75) is 25.0 Å². The fraction of sp³-hybridized carbons (Fsp3) is 0.625. The average Bonchev–Trinajstić information content (AvgIpc) is 3.10. The van der Waals surface area contributed by atoms with Gasteiger partial charge in [0, 0.05) is 45.0 Å². The van der Waals surface area contributed by atoms with Crippen molar-refractivity contribution in [2.75, 3.05) is 44.7 Å². The molecule has 2 aliphatic rings. The SMILES string of the molecule is COc1ccnc(N2CCN(C(=O)[C@@H]3CC[C@H](CN)O3)CC2)c1. The Morgan fingerprint density at radius 2 is 2.17 bits per heavy atom. The van der Waals surface area contributed by atoms with Gasteiger partial charge in [-0.15, -0.1) is 0 Å². The molecule has 0 unspecified atom stereocenters. The van der Waals surface area contributed by atoms with Crippen LogP contribution in [0.1, 0.15) is 12.8 Å². The zero-order chi connectivity index (χ0) is 16.2. The average molecular weight is 320 g/mol. The molecule has 23 heavy (non-hydrogen) atoms. The Balaban J connectivity index is 1.55. The largest absolute Gasteiger partial charge is 0.497 e. The van der Waals surface area contributed by atoms with Gasteiger partial charge in [-0.1, -0.05) is 0 Å². The normalized spacial score (nSPS) is 24.8. The van der Waals surface area contributed by atoms with Crippen LogP contribution in [0.5, 0.6) is 5.75 Å². The number of aromatic nitrogens is 1. The third-order valence-electron chi connectivity index (χ3n) is 4.51. The summed E-state index contributed by atoms with van der Waals surface area (Å²) in [6.45, 7) is 3.38. The van der Waals surface area contributed by atoms with Crippen LogP contribution < -0.4 is 15.4 Å². The number of anilines is 1. The van der Waals surface area contributed by atoms with Gasteiger partial charge in [0.2, 0.25) is 0 Å². The second kappa shape index (κ2) is 7.14. The van der Waals surface area contributed by atoms with E-state index in [0.29, 0.717) is 19.6 Å². The van der Waals surface area contributed by atoms with Gasteiger partial charge in [0.1, 0.15) is 17.7 Å². The molecule has 0 aliphatic carbocycles. The van der Waals surface area contributed by atoms with Crippen LogP contribution in [0.2, 0.25) is 0 Å². The summed E-state index contributed by atoms with van der Waals surface area (Å²) in [7, 11) is 1.64. The van der Waals surface area contributed by atoms with Gasteiger partial charge in [0.25, 0.3) is 5.91 Å². The van der Waals surface area contributed by atoms with Crippen molar-refractivity contribution in [2.24, 2.45) is 5.73 Å². The zero-order valence-electron chi connectivity index (χ0n) is 13.5. The summed E-state index contributed by atoms with van der Waals surface area (Å²) in [5.74, 6) is 1.77. The first-order chi connectivity index (χ1) is 11.2. The highest BCUT2D eigenvalue weighted by molar-refractivity contribution is 5.81. The molecule has 1 aromatic rings. The minimum Gasteiger partial charge on any atom is -0.497 e. The lowest BCUT2D eigenvalue weighted by atomic mass is 10.1. The van der Waals surface area contributed by atoms with E-state index in [1.807, 2.05) is 17.0 Å². The minimum absolute atomic E-state index is 0.0335. The predicted octanol–water partition coefficient (Wildman–Crippen LogP) is 0.245. The van der Waals surface area contributed by atoms with Gasteiger partial charge in [-0.2, -0.15) is 0 Å². The van der Waals surface area contributed by atoms with Gasteiger partial charge < -0.3 is 25.0 Å². The summed E-state index contributed by atoms with van der Waals surface area (Å²) in [5, 5.41) is 0. The van der Waals surface area contributed by atoms with E-state index in [0.717, 1.165) is 37.5 Å². The van der Waals surface area contributed by atoms with E-state index in [9.17, 15) is 4.79 Å². The maximum atomic E-state index is 12.5. The van der Waals surface area contributed by atoms with E-state index < -0.39 is 0 Å². The quantitative estimate of drug-likeness (QED) is 0.856. The van der Waals surface area contributed by atoms with E-state index in [4.69, 9.17) is 15.2 Å². The second-order valence-electron chi connectivity index (χ2n) is 5.93. The lowest BCUT2D eigenvalue weighted by molar-refractivity contribution is -0.143. The summed E-state index contributed by atoms with van der Waals surface area (Å²) in [4.78, 5) is 21.0. The Kier molecular flexibility index (Phi) is 4.97. The van der Waals surface area contributed by atoms with Gasteiger partial charge in [-0.05, 0) is 18.9 Å². The topological polar surface area (TPSA) is 80.9 Å². The molecule has 2 atom stereocenters. The molecule has 126 valence electrons. The molecule has 0 aromatic carbocycles. The Bertz CT molecular complexity index is 546. The van der Waals surface area contributed by atoms with Crippen LogP contribution in [-0.4, -0.2) is 67.8 Å². The number of nitrogens with zero attached hydrogens (tertiary/aromatic N) is 3. The molecule has 0 radical (unpaired) electrons. The number of carbonyl (C=O) groups is 1. The molecule has 0 bridgehead atoms. The predicted molar refractivity (Wildman–Crippen MR) is 86.5 cm³/mol. The van der Waals surface area contributed by atoms with Crippen molar-refractivity contribution in [3.8, 4) is 5.75 Å². The van der Waals surface area contributed by atoms with Crippen LogP contribution in [0.3, 0.4) is 0 Å². The molecule has 2 aliphatic heterocycles. The summed E-state index contributed by atoms with van der Waals surface area (Å²) in [6, 6.07) is 3.75. The number of rotatable bonds is 4. The standard InChI is InChI=1S/C16H24N4O3/c1-22-12-4-5-18-15(10-12)19-6-8-20(9-7-19)16(21)14-3-2-13(11-17)23-14/h4-5,10,13-14H,2-3,6-9,11,17H2,1H3/t13-,14+/m1/s1. The van der Waals surface area contributed by atoms with Crippen LogP contribution >= 0.6 is 0 Å². The highest BCUT2D eigenvalue weighted by atomic mass is 16.5. The van der Waals surface area contributed by atoms with Gasteiger partial charge in [0.05, 0.1) is 13.2 Å². The fourth-order valence-electron chi connectivity index (χ4n) is 3.12. The minimum atomic E-state index is -0.315. The molecule has 0 spiro atoms. The van der Waals surface area contributed by atoms with E-state index in [1.54, 1.807) is 13.3 Å². The lowest BCUT2D eigenvalue weighted by Gasteiger charge is -2.36. The Hall–Kier alpha value is -1.86. The first-order valence-electron chi connectivity index (χ1n) is 8.10. The third kappa shape index (κ3) is 3.56. The summed E-state index contributed by atoms with van der Waals surface area (Å²) < 4.78 is 10.9. The first kappa shape index (κ1) is 16.0. The second-order valence-corrected chi connectivity index (χ2v) is 5.93. The number of pyridine rings is 1. The van der Waals surface area contributed by atoms with E-state index in [2.05, 4.69) is 9.88 Å². The summed E-state index contributed by atoms with van der Waals surface area (Å²) >= 11 is 0. The number of hydrogen-bond donors (Lipinski definition) is 1. The van der Waals surface area contributed by atoms with Crippen molar-refractivity contribution >= 4 is 11.7 Å². The number of nitrogens with two attached hydrogens (primary N) is 1. The lowest BCUT2D eigenvalue weighted by Crippen LogP contribution is -2.51. The molecule has 3 heterocycles. The smallest absolute Gasteiger partial charge is 0.251 e. The number of piperazine rings is 1. The summed E-state index contributed by atoms with van der Waals surface area (Å²) in [5.41, 5.74) is 5.61. The number of amides is 1. The molecule has 2 saturated heterocycles. The maximum absolute atomic E-state index is 12.5.